The number of aromatic nitrogens is 1. The van der Waals surface area contributed by atoms with Gasteiger partial charge in [0.1, 0.15) is 16.8 Å². The van der Waals surface area contributed by atoms with Crippen molar-refractivity contribution in [3.63, 3.8) is 0 Å². The molecule has 176 valence electrons. The number of benzene rings is 2. The van der Waals surface area contributed by atoms with Crippen molar-refractivity contribution < 1.29 is 31.9 Å². The smallest absolute Gasteiger partial charge is 0.323 e. The van der Waals surface area contributed by atoms with Crippen molar-refractivity contribution >= 4 is 83.7 Å². The highest BCUT2D eigenvalue weighted by Gasteiger charge is 2.30. The Bertz CT molecular complexity index is 1570. The van der Waals surface area contributed by atoms with Crippen LogP contribution in [0.4, 0.5) is 5.69 Å². The standard InChI is InChI=1S/C22H17ClN2O6S3/c23-13-2-4-17-15(10-13)25(12-21(26)27)20(32-17)11-19-24(7-1-9-34(28,29)30)22-14-6-8-31-16(14)3-5-18(22)33-19/h2-6,8,10-11H,1,7,9,12H2,(H-,26,27,28,29,30)/p+1. The molecular weight excluding hydrogens is 520 g/mol. The number of rotatable bonds is 7. The minimum atomic E-state index is -4.09. The van der Waals surface area contributed by atoms with Crippen LogP contribution in [0.5, 0.6) is 0 Å². The largest absolute Gasteiger partial charge is 0.480 e. The van der Waals surface area contributed by atoms with E-state index in [4.69, 9.17) is 16.0 Å². The number of thiazole rings is 1. The Labute approximate surface area is 207 Å². The molecule has 0 atom stereocenters. The molecular formula is C22H18ClN2O6S3+. The van der Waals surface area contributed by atoms with Crippen molar-refractivity contribution in [2.24, 2.45) is 0 Å². The molecule has 4 aromatic rings. The molecule has 2 N–H and O–H groups in total. The molecule has 0 fully saturated rings. The molecule has 1 aliphatic heterocycles. The van der Waals surface area contributed by atoms with Crippen LogP contribution < -0.4 is 9.47 Å². The minimum absolute atomic E-state index is 0.210. The number of hydrogen-bond donors (Lipinski definition) is 2. The van der Waals surface area contributed by atoms with Crippen molar-refractivity contribution in [3.05, 3.63) is 57.7 Å². The fraction of sp³-hybridized carbons (Fsp3) is 0.182. The van der Waals surface area contributed by atoms with Crippen molar-refractivity contribution in [1.82, 2.24) is 0 Å². The lowest BCUT2D eigenvalue weighted by molar-refractivity contribution is -0.667. The molecule has 0 bridgehead atoms. The van der Waals surface area contributed by atoms with Gasteiger partial charge in [-0.15, -0.1) is 0 Å². The lowest BCUT2D eigenvalue weighted by atomic mass is 10.2. The van der Waals surface area contributed by atoms with E-state index in [2.05, 4.69) is 0 Å². The van der Waals surface area contributed by atoms with E-state index in [0.717, 1.165) is 36.2 Å². The molecule has 2 aromatic heterocycles. The van der Waals surface area contributed by atoms with Gasteiger partial charge in [0, 0.05) is 16.3 Å². The van der Waals surface area contributed by atoms with Gasteiger partial charge in [-0.1, -0.05) is 34.7 Å². The van der Waals surface area contributed by atoms with Gasteiger partial charge in [-0.25, -0.2) is 0 Å². The third-order valence-electron chi connectivity index (χ3n) is 5.34. The summed E-state index contributed by atoms with van der Waals surface area (Å²) in [5.74, 6) is -1.34. The van der Waals surface area contributed by atoms with Crippen LogP contribution >= 0.6 is 34.7 Å². The zero-order valence-corrected chi connectivity index (χ0v) is 20.7. The van der Waals surface area contributed by atoms with Crippen LogP contribution in [0.15, 0.2) is 57.0 Å². The maximum Gasteiger partial charge on any atom is 0.323 e. The molecule has 0 spiro atoms. The van der Waals surface area contributed by atoms with Gasteiger partial charge in [0.15, 0.2) is 6.54 Å². The summed E-state index contributed by atoms with van der Waals surface area (Å²) in [6.07, 6.45) is 3.72. The molecule has 0 saturated heterocycles. The quantitative estimate of drug-likeness (QED) is 0.254. The van der Waals surface area contributed by atoms with Crippen molar-refractivity contribution in [3.8, 4) is 0 Å². The summed E-state index contributed by atoms with van der Waals surface area (Å²) in [6.45, 7) is 0.109. The zero-order chi connectivity index (χ0) is 24.0. The molecule has 3 heterocycles. The maximum absolute atomic E-state index is 11.6. The number of hydrogen-bond acceptors (Lipinski definition) is 7. The highest BCUT2D eigenvalue weighted by atomic mass is 35.5. The average molecular weight is 538 g/mol. The Kier molecular flexibility index (Phi) is 6.07. The Hall–Kier alpha value is -2.57. The number of halogens is 1. The molecule has 12 heteroatoms. The van der Waals surface area contributed by atoms with Gasteiger partial charge in [0.25, 0.3) is 15.1 Å². The Morgan fingerprint density at radius 1 is 1.24 bits per heavy atom. The fourth-order valence-electron chi connectivity index (χ4n) is 3.97. The summed E-state index contributed by atoms with van der Waals surface area (Å²) in [7, 11) is -4.09. The van der Waals surface area contributed by atoms with Crippen LogP contribution in [0.25, 0.3) is 27.3 Å². The van der Waals surface area contributed by atoms with E-state index in [1.807, 2.05) is 34.9 Å². The molecule has 0 aliphatic carbocycles. The number of furan rings is 1. The number of thioether (sulfide) groups is 1. The molecule has 0 amide bonds. The van der Waals surface area contributed by atoms with Crippen molar-refractivity contribution in [2.45, 2.75) is 17.9 Å². The number of anilines is 1. The van der Waals surface area contributed by atoms with Gasteiger partial charge in [-0.05, 0) is 36.4 Å². The molecule has 0 radical (unpaired) electrons. The van der Waals surface area contributed by atoms with E-state index in [0.29, 0.717) is 17.2 Å². The summed E-state index contributed by atoms with van der Waals surface area (Å²) in [5, 5.41) is 12.4. The monoisotopic (exact) mass is 537 g/mol. The van der Waals surface area contributed by atoms with Gasteiger partial charge in [0.2, 0.25) is 5.52 Å². The van der Waals surface area contributed by atoms with E-state index < -0.39 is 16.1 Å². The topological polar surface area (TPSA) is 112 Å². The van der Waals surface area contributed by atoms with E-state index >= 15 is 0 Å². The first kappa shape index (κ1) is 23.2. The van der Waals surface area contributed by atoms with E-state index in [-0.39, 0.29) is 18.7 Å². The third-order valence-corrected chi connectivity index (χ3v) is 8.59. The maximum atomic E-state index is 11.6. The number of aliphatic carboxylic acids is 1. The Morgan fingerprint density at radius 2 is 2.06 bits per heavy atom. The molecule has 2 aromatic carbocycles. The predicted molar refractivity (Wildman–Crippen MR) is 133 cm³/mol. The van der Waals surface area contributed by atoms with Crippen molar-refractivity contribution in [2.75, 3.05) is 17.2 Å². The highest BCUT2D eigenvalue weighted by Crippen LogP contribution is 2.47. The minimum Gasteiger partial charge on any atom is -0.480 e. The molecule has 0 saturated carbocycles. The number of nitrogens with zero attached hydrogens (tertiary/aromatic N) is 2. The molecule has 8 nitrogen and oxygen atoms in total. The first-order valence-electron chi connectivity index (χ1n) is 10.2. The van der Waals surface area contributed by atoms with Crippen LogP contribution in [-0.4, -0.2) is 36.3 Å². The Balaban J connectivity index is 1.63. The Morgan fingerprint density at radius 3 is 2.82 bits per heavy atom. The zero-order valence-electron chi connectivity index (χ0n) is 17.5. The number of carboxylic acids is 1. The molecule has 0 unspecified atom stereocenters. The SMILES string of the molecule is O=C(O)CN1C(=Cc2sc3ccc4occc4c3[n+]2CCCS(=O)(=O)O)Sc2ccc(Cl)cc21. The van der Waals surface area contributed by atoms with Crippen LogP contribution in [0, 0.1) is 0 Å². The summed E-state index contributed by atoms with van der Waals surface area (Å²) in [4.78, 5) is 14.2. The summed E-state index contributed by atoms with van der Waals surface area (Å²) in [5.41, 5.74) is 2.33. The normalized spacial score (nSPS) is 15.0. The van der Waals surface area contributed by atoms with Crippen molar-refractivity contribution in [1.29, 1.82) is 0 Å². The van der Waals surface area contributed by atoms with Gasteiger partial charge >= 0.3 is 5.97 Å². The number of fused-ring (bicyclic) bond motifs is 4. The number of carboxylic acid groups (broad SMARTS) is 1. The predicted octanol–water partition coefficient (Wildman–Crippen LogP) is 4.86. The highest BCUT2D eigenvalue weighted by molar-refractivity contribution is 8.04. The fourth-order valence-corrected chi connectivity index (χ4v) is 6.92. The summed E-state index contributed by atoms with van der Waals surface area (Å²) < 4.78 is 40.3. The summed E-state index contributed by atoms with van der Waals surface area (Å²) in [6, 6.07) is 11.1. The number of aryl methyl sites for hydroxylation is 1. The average Bonchev–Trinajstić information content (AvgIpc) is 3.44. The van der Waals surface area contributed by atoms with Gasteiger partial charge in [-0.3, -0.25) is 9.35 Å². The third kappa shape index (κ3) is 4.53. The van der Waals surface area contributed by atoms with Crippen LogP contribution in [0.1, 0.15) is 11.4 Å². The van der Waals surface area contributed by atoms with Gasteiger partial charge < -0.3 is 14.4 Å². The second-order valence-electron chi connectivity index (χ2n) is 7.65. The van der Waals surface area contributed by atoms with E-state index in [1.54, 1.807) is 23.3 Å². The second kappa shape index (κ2) is 8.90. The first-order chi connectivity index (χ1) is 16.2. The van der Waals surface area contributed by atoms with E-state index in [9.17, 15) is 22.9 Å². The lowest BCUT2D eigenvalue weighted by Gasteiger charge is -2.17. The van der Waals surface area contributed by atoms with Crippen LogP contribution in [-0.2, 0) is 21.5 Å². The van der Waals surface area contributed by atoms with Crippen LogP contribution in [0.2, 0.25) is 5.02 Å². The molecule has 34 heavy (non-hydrogen) atoms. The number of carbonyl (C=O) groups is 1. The van der Waals surface area contributed by atoms with Gasteiger partial charge in [-0.2, -0.15) is 13.0 Å². The van der Waals surface area contributed by atoms with E-state index in [1.165, 1.54) is 23.1 Å². The molecule has 5 rings (SSSR count). The second-order valence-corrected chi connectivity index (χ2v) is 11.8. The first-order valence-corrected chi connectivity index (χ1v) is 13.8. The lowest BCUT2D eigenvalue weighted by Crippen LogP contribution is -2.36. The van der Waals surface area contributed by atoms with Crippen LogP contribution in [0.3, 0.4) is 0 Å². The van der Waals surface area contributed by atoms with Gasteiger partial charge in [0.05, 0.1) is 34.2 Å². The molecule has 1 aliphatic rings. The summed E-state index contributed by atoms with van der Waals surface area (Å²) >= 11 is 9.12.